The Morgan fingerprint density at radius 3 is 3.00 bits per heavy atom. The standard InChI is InChI=1S/C6H6O2/c7-4-1-2-5-6(3-4)8-5/h1-3,5-7H. The van der Waals surface area contributed by atoms with E-state index in [1.165, 1.54) is 0 Å². The summed E-state index contributed by atoms with van der Waals surface area (Å²) in [6.07, 6.45) is 5.68. The van der Waals surface area contributed by atoms with Gasteiger partial charge in [-0.05, 0) is 18.2 Å². The molecule has 2 heteroatoms. The Morgan fingerprint density at radius 2 is 2.38 bits per heavy atom. The van der Waals surface area contributed by atoms with Crippen LogP contribution in [0.15, 0.2) is 24.0 Å². The van der Waals surface area contributed by atoms with E-state index in [1.54, 1.807) is 12.2 Å². The Hall–Kier alpha value is -0.760. The molecule has 2 aliphatic rings. The lowest BCUT2D eigenvalue weighted by molar-refractivity contribution is 0.405. The van der Waals surface area contributed by atoms with Crippen molar-refractivity contribution in [3.8, 4) is 0 Å². The van der Waals surface area contributed by atoms with Crippen LogP contribution in [0.25, 0.3) is 0 Å². The maximum atomic E-state index is 8.80. The van der Waals surface area contributed by atoms with Crippen molar-refractivity contribution in [1.29, 1.82) is 0 Å². The molecule has 8 heavy (non-hydrogen) atoms. The van der Waals surface area contributed by atoms with Crippen molar-refractivity contribution >= 4 is 0 Å². The Bertz CT molecular complexity index is 169. The zero-order valence-corrected chi connectivity index (χ0v) is 4.24. The molecule has 0 aromatic rings. The van der Waals surface area contributed by atoms with Crippen LogP contribution in [0, 0.1) is 0 Å². The van der Waals surface area contributed by atoms with Crippen LogP contribution in [-0.2, 0) is 4.74 Å². The molecular formula is C6H6O2. The molecule has 2 nitrogen and oxygen atoms in total. The van der Waals surface area contributed by atoms with Gasteiger partial charge in [0.2, 0.25) is 0 Å². The Labute approximate surface area is 47.1 Å². The highest BCUT2D eigenvalue weighted by Gasteiger charge is 2.36. The average Bonchev–Trinajstić information content (AvgIpc) is 2.43. The molecule has 0 aromatic carbocycles. The highest BCUT2D eigenvalue weighted by atomic mass is 16.6. The maximum Gasteiger partial charge on any atom is 0.114 e. The van der Waals surface area contributed by atoms with Crippen molar-refractivity contribution in [2.45, 2.75) is 12.2 Å². The molecular weight excluding hydrogens is 104 g/mol. The highest BCUT2D eigenvalue weighted by molar-refractivity contribution is 5.26. The first-order chi connectivity index (χ1) is 3.86. The summed E-state index contributed by atoms with van der Waals surface area (Å²) in [7, 11) is 0. The van der Waals surface area contributed by atoms with Crippen LogP contribution in [0.5, 0.6) is 0 Å². The molecule has 0 spiro atoms. The van der Waals surface area contributed by atoms with E-state index in [4.69, 9.17) is 9.84 Å². The monoisotopic (exact) mass is 110 g/mol. The zero-order valence-electron chi connectivity index (χ0n) is 4.24. The molecule has 0 radical (unpaired) electrons. The molecule has 0 saturated carbocycles. The molecule has 1 N–H and O–H groups in total. The lowest BCUT2D eigenvalue weighted by atomic mass is 10.2. The van der Waals surface area contributed by atoms with Gasteiger partial charge in [0, 0.05) is 0 Å². The second-order valence-corrected chi connectivity index (χ2v) is 2.02. The summed E-state index contributed by atoms with van der Waals surface area (Å²) in [5, 5.41) is 8.80. The molecule has 2 rings (SSSR count). The smallest absolute Gasteiger partial charge is 0.114 e. The quantitative estimate of drug-likeness (QED) is 0.467. The van der Waals surface area contributed by atoms with E-state index in [-0.39, 0.29) is 12.2 Å². The molecule has 0 bridgehead atoms. The van der Waals surface area contributed by atoms with Crippen LogP contribution < -0.4 is 0 Å². The van der Waals surface area contributed by atoms with Gasteiger partial charge in [0.1, 0.15) is 18.0 Å². The van der Waals surface area contributed by atoms with E-state index in [0.717, 1.165) is 0 Å². The summed E-state index contributed by atoms with van der Waals surface area (Å²) in [5.74, 6) is 0.323. The molecule has 1 saturated heterocycles. The fourth-order valence-corrected chi connectivity index (χ4v) is 0.842. The predicted octanol–water partition coefficient (Wildman–Crippen LogP) is 0.765. The van der Waals surface area contributed by atoms with E-state index >= 15 is 0 Å². The summed E-state index contributed by atoms with van der Waals surface area (Å²) in [5.41, 5.74) is 0. The second kappa shape index (κ2) is 1.14. The minimum absolute atomic E-state index is 0.181. The SMILES string of the molecule is OC1=CC2OC2C=C1. The summed E-state index contributed by atoms with van der Waals surface area (Å²) in [4.78, 5) is 0. The van der Waals surface area contributed by atoms with Crippen molar-refractivity contribution in [1.82, 2.24) is 0 Å². The number of rotatable bonds is 0. The van der Waals surface area contributed by atoms with Gasteiger partial charge in [-0.3, -0.25) is 0 Å². The van der Waals surface area contributed by atoms with E-state index in [1.807, 2.05) is 6.08 Å². The molecule has 1 aliphatic heterocycles. The predicted molar refractivity (Wildman–Crippen MR) is 28.5 cm³/mol. The summed E-state index contributed by atoms with van der Waals surface area (Å²) >= 11 is 0. The Kier molecular flexibility index (Phi) is 0.594. The lowest BCUT2D eigenvalue weighted by Gasteiger charge is -1.91. The van der Waals surface area contributed by atoms with Gasteiger partial charge in [0.05, 0.1) is 0 Å². The second-order valence-electron chi connectivity index (χ2n) is 2.02. The zero-order chi connectivity index (χ0) is 5.56. The van der Waals surface area contributed by atoms with Crippen molar-refractivity contribution in [2.75, 3.05) is 0 Å². The summed E-state index contributed by atoms with van der Waals surface area (Å²) in [6.45, 7) is 0. The number of allylic oxidation sites excluding steroid dienone is 1. The van der Waals surface area contributed by atoms with Crippen molar-refractivity contribution in [2.24, 2.45) is 0 Å². The number of aliphatic hydroxyl groups is 1. The van der Waals surface area contributed by atoms with Gasteiger partial charge in [-0.1, -0.05) is 0 Å². The van der Waals surface area contributed by atoms with Crippen LogP contribution in [0.4, 0.5) is 0 Å². The third kappa shape index (κ3) is 0.465. The third-order valence-corrected chi connectivity index (χ3v) is 1.35. The number of ether oxygens (including phenoxy) is 1. The number of fused-ring (bicyclic) bond motifs is 1. The first-order valence-electron chi connectivity index (χ1n) is 2.61. The van der Waals surface area contributed by atoms with Gasteiger partial charge in [0.25, 0.3) is 0 Å². The number of epoxide rings is 1. The molecule has 1 heterocycles. The van der Waals surface area contributed by atoms with E-state index in [9.17, 15) is 0 Å². The Morgan fingerprint density at radius 1 is 1.50 bits per heavy atom. The first-order valence-corrected chi connectivity index (χ1v) is 2.61. The van der Waals surface area contributed by atoms with Crippen molar-refractivity contribution in [3.63, 3.8) is 0 Å². The minimum Gasteiger partial charge on any atom is -0.508 e. The first kappa shape index (κ1) is 4.15. The average molecular weight is 110 g/mol. The minimum atomic E-state index is 0.181. The number of aliphatic hydroxyl groups excluding tert-OH is 1. The normalized spacial score (nSPS) is 40.8. The fraction of sp³-hybridized carbons (Fsp3) is 0.333. The van der Waals surface area contributed by atoms with E-state index < -0.39 is 0 Å². The van der Waals surface area contributed by atoms with Crippen LogP contribution in [0.3, 0.4) is 0 Å². The van der Waals surface area contributed by atoms with Gasteiger partial charge in [-0.15, -0.1) is 0 Å². The molecule has 42 valence electrons. The van der Waals surface area contributed by atoms with E-state index in [2.05, 4.69) is 0 Å². The van der Waals surface area contributed by atoms with Gasteiger partial charge >= 0.3 is 0 Å². The van der Waals surface area contributed by atoms with E-state index in [0.29, 0.717) is 5.76 Å². The van der Waals surface area contributed by atoms with Gasteiger partial charge in [-0.25, -0.2) is 0 Å². The summed E-state index contributed by atoms with van der Waals surface area (Å²) < 4.78 is 5.03. The highest BCUT2D eigenvalue weighted by Crippen LogP contribution is 2.28. The maximum absolute atomic E-state index is 8.80. The van der Waals surface area contributed by atoms with Crippen LogP contribution in [-0.4, -0.2) is 17.3 Å². The third-order valence-electron chi connectivity index (χ3n) is 1.35. The van der Waals surface area contributed by atoms with Gasteiger partial charge < -0.3 is 9.84 Å². The summed E-state index contributed by atoms with van der Waals surface area (Å²) in [6, 6.07) is 0. The molecule has 2 atom stereocenters. The largest absolute Gasteiger partial charge is 0.508 e. The fourth-order valence-electron chi connectivity index (χ4n) is 0.842. The van der Waals surface area contributed by atoms with Crippen LogP contribution >= 0.6 is 0 Å². The molecule has 2 unspecified atom stereocenters. The van der Waals surface area contributed by atoms with Gasteiger partial charge in [-0.2, -0.15) is 0 Å². The van der Waals surface area contributed by atoms with Crippen molar-refractivity contribution in [3.05, 3.63) is 24.0 Å². The van der Waals surface area contributed by atoms with Crippen LogP contribution in [0.1, 0.15) is 0 Å². The Balaban J connectivity index is 2.28. The molecule has 1 fully saturated rings. The van der Waals surface area contributed by atoms with Crippen LogP contribution in [0.2, 0.25) is 0 Å². The molecule has 1 aliphatic carbocycles. The molecule has 0 amide bonds. The number of hydrogen-bond donors (Lipinski definition) is 1. The number of hydrogen-bond acceptors (Lipinski definition) is 2. The molecule has 0 aromatic heterocycles. The van der Waals surface area contributed by atoms with Crippen molar-refractivity contribution < 1.29 is 9.84 Å². The van der Waals surface area contributed by atoms with Gasteiger partial charge in [0.15, 0.2) is 0 Å². The lowest BCUT2D eigenvalue weighted by Crippen LogP contribution is -1.92. The topological polar surface area (TPSA) is 32.8 Å².